The van der Waals surface area contributed by atoms with Crippen LogP contribution in [0.3, 0.4) is 0 Å². The first-order chi connectivity index (χ1) is 8.10. The molecule has 0 bridgehead atoms. The average molecular weight is 235 g/mol. The average Bonchev–Trinajstić information content (AvgIpc) is 2.28. The number of nitrogens with zero attached hydrogens (tertiary/aromatic N) is 1. The third-order valence-electron chi connectivity index (χ3n) is 2.55. The summed E-state index contributed by atoms with van der Waals surface area (Å²) in [6.45, 7) is 8.60. The predicted octanol–water partition coefficient (Wildman–Crippen LogP) is 3.17. The highest BCUT2D eigenvalue weighted by atomic mass is 19.1. The summed E-state index contributed by atoms with van der Waals surface area (Å²) in [5, 5.41) is 0. The van der Waals surface area contributed by atoms with E-state index in [2.05, 4.69) is 6.58 Å². The molecule has 1 aromatic carbocycles. The molecule has 0 spiro atoms. The molecule has 0 aromatic heterocycles. The number of hydrogen-bond acceptors (Lipinski definition) is 1. The van der Waals surface area contributed by atoms with E-state index in [4.69, 9.17) is 0 Å². The van der Waals surface area contributed by atoms with Gasteiger partial charge in [-0.3, -0.25) is 4.79 Å². The largest absolute Gasteiger partial charge is 0.335 e. The molecule has 0 fully saturated rings. The van der Waals surface area contributed by atoms with Crippen LogP contribution in [0.15, 0.2) is 30.9 Å². The Bertz CT molecular complexity index is 415. The van der Waals surface area contributed by atoms with Crippen molar-refractivity contribution in [2.24, 2.45) is 0 Å². The van der Waals surface area contributed by atoms with Crippen LogP contribution in [0.2, 0.25) is 0 Å². The number of carbonyl (C=O) groups excluding carboxylic acids is 1. The first-order valence-electron chi connectivity index (χ1n) is 5.76. The zero-order valence-corrected chi connectivity index (χ0v) is 10.4. The molecule has 17 heavy (non-hydrogen) atoms. The highest BCUT2D eigenvalue weighted by molar-refractivity contribution is 5.95. The molecular formula is C14H18FNO. The minimum absolute atomic E-state index is 0.0655. The second-order valence-electron chi connectivity index (χ2n) is 4.00. The second-order valence-corrected chi connectivity index (χ2v) is 4.00. The summed E-state index contributed by atoms with van der Waals surface area (Å²) in [7, 11) is 0. The summed E-state index contributed by atoms with van der Waals surface area (Å²) in [6.07, 6.45) is 2.59. The lowest BCUT2D eigenvalue weighted by Gasteiger charge is -2.21. The molecule has 2 nitrogen and oxygen atoms in total. The van der Waals surface area contributed by atoms with Gasteiger partial charge in [-0.25, -0.2) is 4.39 Å². The molecule has 92 valence electrons. The van der Waals surface area contributed by atoms with Crippen molar-refractivity contribution >= 4 is 5.91 Å². The zero-order chi connectivity index (χ0) is 12.8. The Labute approximate surface area is 102 Å². The van der Waals surface area contributed by atoms with Gasteiger partial charge in [0, 0.05) is 18.7 Å². The maximum Gasteiger partial charge on any atom is 0.254 e. The molecule has 0 N–H and O–H groups in total. The quantitative estimate of drug-likeness (QED) is 0.718. The van der Waals surface area contributed by atoms with E-state index in [0.29, 0.717) is 24.2 Å². The van der Waals surface area contributed by atoms with E-state index in [9.17, 15) is 9.18 Å². The smallest absolute Gasteiger partial charge is 0.254 e. The van der Waals surface area contributed by atoms with Crippen LogP contribution in [0, 0.1) is 12.7 Å². The van der Waals surface area contributed by atoms with E-state index < -0.39 is 0 Å². The van der Waals surface area contributed by atoms with Gasteiger partial charge in [0.25, 0.3) is 5.91 Å². The first kappa shape index (κ1) is 13.4. The lowest BCUT2D eigenvalue weighted by atomic mass is 10.1. The van der Waals surface area contributed by atoms with E-state index in [1.807, 2.05) is 6.92 Å². The van der Waals surface area contributed by atoms with Crippen LogP contribution >= 0.6 is 0 Å². The topological polar surface area (TPSA) is 20.3 Å². The van der Waals surface area contributed by atoms with Gasteiger partial charge >= 0.3 is 0 Å². The molecule has 1 amide bonds. The van der Waals surface area contributed by atoms with Crippen LogP contribution in [0.4, 0.5) is 4.39 Å². The third-order valence-corrected chi connectivity index (χ3v) is 2.55. The Hall–Kier alpha value is -1.64. The lowest BCUT2D eigenvalue weighted by molar-refractivity contribution is 0.0773. The van der Waals surface area contributed by atoms with Gasteiger partial charge in [0.05, 0.1) is 0 Å². The van der Waals surface area contributed by atoms with Crippen LogP contribution in [0.5, 0.6) is 0 Å². The van der Waals surface area contributed by atoms with Gasteiger partial charge in [0.1, 0.15) is 5.82 Å². The first-order valence-corrected chi connectivity index (χ1v) is 5.76. The van der Waals surface area contributed by atoms with Crippen molar-refractivity contribution in [3.05, 3.63) is 47.8 Å². The predicted molar refractivity (Wildman–Crippen MR) is 67.5 cm³/mol. The number of hydrogen-bond donors (Lipinski definition) is 0. The fraction of sp³-hybridized carbons (Fsp3) is 0.357. The normalized spacial score (nSPS) is 10.1. The summed E-state index contributed by atoms with van der Waals surface area (Å²) in [5.74, 6) is -0.380. The van der Waals surface area contributed by atoms with Crippen LogP contribution < -0.4 is 0 Å². The van der Waals surface area contributed by atoms with Crippen molar-refractivity contribution < 1.29 is 9.18 Å². The molecule has 0 saturated carbocycles. The number of carbonyl (C=O) groups is 1. The molecule has 0 radical (unpaired) electrons. The summed E-state index contributed by atoms with van der Waals surface area (Å²) in [4.78, 5) is 13.9. The maximum absolute atomic E-state index is 13.0. The fourth-order valence-corrected chi connectivity index (χ4v) is 1.74. The van der Waals surface area contributed by atoms with Crippen molar-refractivity contribution in [3.8, 4) is 0 Å². The Morgan fingerprint density at radius 2 is 2.24 bits per heavy atom. The van der Waals surface area contributed by atoms with Crippen LogP contribution in [-0.2, 0) is 0 Å². The third kappa shape index (κ3) is 3.41. The van der Waals surface area contributed by atoms with Gasteiger partial charge in [-0.2, -0.15) is 0 Å². The minimum atomic E-state index is -0.315. The molecule has 0 heterocycles. The Morgan fingerprint density at radius 1 is 1.53 bits per heavy atom. The van der Waals surface area contributed by atoms with Crippen LogP contribution in [-0.4, -0.2) is 23.9 Å². The number of rotatable bonds is 5. The summed E-state index contributed by atoms with van der Waals surface area (Å²) in [6, 6.07) is 4.24. The molecule has 0 saturated heterocycles. The van der Waals surface area contributed by atoms with Gasteiger partial charge in [0.15, 0.2) is 0 Å². The molecule has 1 aromatic rings. The van der Waals surface area contributed by atoms with Crippen molar-refractivity contribution in [1.82, 2.24) is 4.90 Å². The summed E-state index contributed by atoms with van der Waals surface area (Å²) >= 11 is 0. The van der Waals surface area contributed by atoms with E-state index in [-0.39, 0.29) is 11.7 Å². The number of amides is 1. The van der Waals surface area contributed by atoms with Crippen molar-refractivity contribution in [2.75, 3.05) is 13.1 Å². The van der Waals surface area contributed by atoms with Crippen molar-refractivity contribution in [2.45, 2.75) is 20.3 Å². The Kier molecular flexibility index (Phi) is 4.88. The SMILES string of the molecule is C=CCN(CCC)C(=O)c1ccc(F)cc1C. The monoisotopic (exact) mass is 235 g/mol. The standard InChI is InChI=1S/C14H18FNO/c1-4-8-16(9-5-2)14(17)13-7-6-12(15)10-11(13)3/h4,6-7,10H,1,5,8-9H2,2-3H3. The van der Waals surface area contributed by atoms with Gasteiger partial charge in [-0.1, -0.05) is 13.0 Å². The van der Waals surface area contributed by atoms with Gasteiger partial charge < -0.3 is 4.90 Å². The summed E-state index contributed by atoms with van der Waals surface area (Å²) in [5.41, 5.74) is 1.22. The van der Waals surface area contributed by atoms with E-state index in [1.165, 1.54) is 12.1 Å². The van der Waals surface area contributed by atoms with Crippen molar-refractivity contribution in [3.63, 3.8) is 0 Å². The second kappa shape index (κ2) is 6.18. The minimum Gasteiger partial charge on any atom is -0.335 e. The Balaban J connectivity index is 2.96. The number of aryl methyl sites for hydroxylation is 1. The van der Waals surface area contributed by atoms with E-state index in [0.717, 1.165) is 6.42 Å². The molecule has 0 unspecified atom stereocenters. The van der Waals surface area contributed by atoms with Crippen LogP contribution in [0.25, 0.3) is 0 Å². The van der Waals surface area contributed by atoms with Crippen molar-refractivity contribution in [1.29, 1.82) is 0 Å². The van der Waals surface area contributed by atoms with Gasteiger partial charge in [-0.15, -0.1) is 6.58 Å². The molecule has 3 heteroatoms. The Morgan fingerprint density at radius 3 is 2.76 bits per heavy atom. The van der Waals surface area contributed by atoms with Gasteiger partial charge in [-0.05, 0) is 37.1 Å². The van der Waals surface area contributed by atoms with Crippen LogP contribution in [0.1, 0.15) is 29.3 Å². The number of halogens is 1. The molecule has 0 aliphatic carbocycles. The highest BCUT2D eigenvalue weighted by Gasteiger charge is 2.15. The van der Waals surface area contributed by atoms with Gasteiger partial charge in [0.2, 0.25) is 0 Å². The highest BCUT2D eigenvalue weighted by Crippen LogP contribution is 2.13. The van der Waals surface area contributed by atoms with E-state index in [1.54, 1.807) is 24.0 Å². The lowest BCUT2D eigenvalue weighted by Crippen LogP contribution is -2.32. The number of benzene rings is 1. The fourth-order valence-electron chi connectivity index (χ4n) is 1.74. The molecular weight excluding hydrogens is 217 g/mol. The molecule has 1 rings (SSSR count). The molecule has 0 aliphatic heterocycles. The molecule has 0 aliphatic rings. The van der Waals surface area contributed by atoms with E-state index >= 15 is 0 Å². The maximum atomic E-state index is 13.0. The summed E-state index contributed by atoms with van der Waals surface area (Å²) < 4.78 is 13.0. The zero-order valence-electron chi connectivity index (χ0n) is 10.4. The molecule has 0 atom stereocenters.